The van der Waals surface area contributed by atoms with E-state index in [0.717, 1.165) is 18.8 Å². The Labute approximate surface area is 237 Å². The van der Waals surface area contributed by atoms with Crippen LogP contribution in [0.1, 0.15) is 40.5 Å². The zero-order chi connectivity index (χ0) is 29.2. The van der Waals surface area contributed by atoms with E-state index in [0.29, 0.717) is 18.5 Å². The molecule has 9 heteroatoms. The number of nitrogens with zero attached hydrogens (tertiary/aromatic N) is 3. The molecule has 4 rings (SSSR count). The zero-order valence-electron chi connectivity index (χ0n) is 24.2. The molecule has 0 saturated carbocycles. The van der Waals surface area contributed by atoms with Crippen molar-refractivity contribution >= 4 is 29.2 Å². The number of carbonyl (C=O) groups is 3. The summed E-state index contributed by atoms with van der Waals surface area (Å²) in [6, 6.07) is 6.84. The van der Waals surface area contributed by atoms with Gasteiger partial charge in [-0.05, 0) is 63.8 Å². The van der Waals surface area contributed by atoms with Crippen molar-refractivity contribution in [3.05, 3.63) is 49.6 Å². The van der Waals surface area contributed by atoms with Crippen LogP contribution in [-0.2, 0) is 23.9 Å². The van der Waals surface area contributed by atoms with Crippen molar-refractivity contribution < 1.29 is 29.0 Å². The van der Waals surface area contributed by atoms with Gasteiger partial charge in [0.15, 0.2) is 0 Å². The van der Waals surface area contributed by atoms with Crippen LogP contribution in [0.25, 0.3) is 0 Å². The van der Waals surface area contributed by atoms with Crippen molar-refractivity contribution in [3.8, 4) is 0 Å². The Kier molecular flexibility index (Phi) is 8.75. The molecule has 1 aromatic rings. The predicted octanol–water partition coefficient (Wildman–Crippen LogP) is 3.17. The minimum Gasteiger partial charge on any atom is -0.461 e. The second-order valence-electron chi connectivity index (χ2n) is 11.2. The van der Waals surface area contributed by atoms with Crippen molar-refractivity contribution in [1.82, 2.24) is 4.90 Å². The molecule has 1 spiro atoms. The average molecular weight is 554 g/mol. The van der Waals surface area contributed by atoms with E-state index in [9.17, 15) is 19.5 Å². The maximum atomic E-state index is 14.6. The fourth-order valence-electron chi connectivity index (χ4n) is 7.12. The normalized spacial score (nSPS) is 30.2. The summed E-state index contributed by atoms with van der Waals surface area (Å²) in [5.41, 5.74) is -0.395. The lowest BCUT2D eigenvalue weighted by Crippen LogP contribution is -2.57. The number of amides is 2. The van der Waals surface area contributed by atoms with E-state index in [2.05, 4.69) is 31.9 Å². The maximum Gasteiger partial charge on any atom is 0.313 e. The number of fused-ring (bicyclic) bond motifs is 1. The van der Waals surface area contributed by atoms with Crippen molar-refractivity contribution in [2.75, 3.05) is 49.2 Å². The fraction of sp³-hybridized carbons (Fsp3) is 0.581. The van der Waals surface area contributed by atoms with Crippen LogP contribution in [-0.4, -0.2) is 84.4 Å². The number of rotatable bonds is 13. The smallest absolute Gasteiger partial charge is 0.313 e. The number of benzene rings is 1. The van der Waals surface area contributed by atoms with Crippen LogP contribution in [0.2, 0.25) is 0 Å². The van der Waals surface area contributed by atoms with Crippen molar-refractivity contribution in [2.45, 2.75) is 57.8 Å². The Balaban J connectivity index is 1.77. The van der Waals surface area contributed by atoms with E-state index in [1.54, 1.807) is 11.0 Å². The third-order valence-electron chi connectivity index (χ3n) is 9.07. The molecular formula is C31H43N3O6. The highest BCUT2D eigenvalue weighted by molar-refractivity contribution is 6.05. The Morgan fingerprint density at radius 1 is 1.18 bits per heavy atom. The van der Waals surface area contributed by atoms with E-state index < -0.39 is 35.0 Å². The lowest BCUT2D eigenvalue weighted by Gasteiger charge is -2.37. The van der Waals surface area contributed by atoms with Gasteiger partial charge in [0.05, 0.1) is 11.5 Å². The lowest BCUT2D eigenvalue weighted by molar-refractivity contribution is -0.160. The molecule has 218 valence electrons. The number of carbonyl (C=O) groups excluding carboxylic acids is 3. The van der Waals surface area contributed by atoms with Crippen molar-refractivity contribution in [2.24, 2.45) is 17.8 Å². The number of aliphatic hydroxyl groups excluding tert-OH is 1. The third kappa shape index (κ3) is 4.63. The number of hydrogen-bond donors (Lipinski definition) is 1. The summed E-state index contributed by atoms with van der Waals surface area (Å²) in [5, 5.41) is 9.61. The summed E-state index contributed by atoms with van der Waals surface area (Å²) in [4.78, 5) is 47.4. The van der Waals surface area contributed by atoms with E-state index >= 15 is 0 Å². The number of likely N-dealkylation sites (tertiary alicyclic amines) is 1. The summed E-state index contributed by atoms with van der Waals surface area (Å²) < 4.78 is 12.2. The molecular weight excluding hydrogens is 510 g/mol. The molecule has 0 radical (unpaired) electrons. The highest BCUT2D eigenvalue weighted by Gasteiger charge is 2.80. The van der Waals surface area contributed by atoms with Gasteiger partial charge in [-0.25, -0.2) is 0 Å². The Morgan fingerprint density at radius 2 is 1.82 bits per heavy atom. The molecule has 1 aromatic carbocycles. The Morgan fingerprint density at radius 3 is 2.40 bits per heavy atom. The second-order valence-corrected chi connectivity index (χ2v) is 11.2. The van der Waals surface area contributed by atoms with Crippen LogP contribution in [0.4, 0.5) is 11.4 Å². The van der Waals surface area contributed by atoms with Crippen LogP contribution < -0.4 is 9.80 Å². The topological polar surface area (TPSA) is 99.6 Å². The van der Waals surface area contributed by atoms with Gasteiger partial charge in [-0.2, -0.15) is 0 Å². The molecule has 3 heterocycles. The van der Waals surface area contributed by atoms with Crippen LogP contribution in [0, 0.1) is 17.8 Å². The van der Waals surface area contributed by atoms with Gasteiger partial charge in [-0.1, -0.05) is 25.7 Å². The first kappa shape index (κ1) is 29.8. The molecule has 3 aliphatic heterocycles. The second kappa shape index (κ2) is 11.7. The zero-order valence-corrected chi connectivity index (χ0v) is 24.2. The molecule has 0 aromatic heterocycles. The van der Waals surface area contributed by atoms with Crippen LogP contribution in [0.15, 0.2) is 49.6 Å². The van der Waals surface area contributed by atoms with Gasteiger partial charge < -0.3 is 29.3 Å². The van der Waals surface area contributed by atoms with E-state index in [1.807, 2.05) is 38.1 Å². The molecule has 3 aliphatic rings. The molecule has 1 N–H and O–H groups in total. The molecule has 0 aliphatic carbocycles. The van der Waals surface area contributed by atoms with Gasteiger partial charge in [0, 0.05) is 44.2 Å². The molecule has 40 heavy (non-hydrogen) atoms. The Hall–Kier alpha value is -3.17. The molecule has 3 fully saturated rings. The molecule has 3 saturated heterocycles. The standard InChI is InChI=1S/C31H43N3O6/c1-7-16-33(23-14-12-22(13-15-23)32(9-3)10-4)28(37)26-31-20-21(5)30(6,40-31)25(29(38)39-19-8-2)24(31)27(36)34(26)17-11-18-35/h7-8,12-15,21,24-26,35H,1-2,9-11,16-20H2,3-6H3/t21?,24-,25-,26?,30+,31?/m0/s1. The van der Waals surface area contributed by atoms with Crippen LogP contribution >= 0.6 is 0 Å². The monoisotopic (exact) mass is 553 g/mol. The molecule has 9 nitrogen and oxygen atoms in total. The van der Waals surface area contributed by atoms with Gasteiger partial charge in [-0.3, -0.25) is 14.4 Å². The number of anilines is 2. The lowest BCUT2D eigenvalue weighted by atomic mass is 9.62. The van der Waals surface area contributed by atoms with Gasteiger partial charge in [-0.15, -0.1) is 6.58 Å². The molecule has 2 amide bonds. The summed E-state index contributed by atoms with van der Waals surface area (Å²) in [7, 11) is 0. The SMILES string of the molecule is C=CCOC(=O)[C@@H]1[C@H]2C(=O)N(CCCO)C(C(=O)N(CC=C)c3ccc(N(CC)CC)cc3)C23CC(C)[C@@]1(C)O3. The molecule has 6 atom stereocenters. The third-order valence-corrected chi connectivity index (χ3v) is 9.07. The fourth-order valence-corrected chi connectivity index (χ4v) is 7.12. The number of aliphatic hydroxyl groups is 1. The predicted molar refractivity (Wildman–Crippen MR) is 154 cm³/mol. The quantitative estimate of drug-likeness (QED) is 0.296. The van der Waals surface area contributed by atoms with Crippen molar-refractivity contribution in [3.63, 3.8) is 0 Å². The largest absolute Gasteiger partial charge is 0.461 e. The van der Waals surface area contributed by atoms with Gasteiger partial charge >= 0.3 is 5.97 Å². The van der Waals surface area contributed by atoms with Gasteiger partial charge in [0.25, 0.3) is 5.91 Å². The number of hydrogen-bond acceptors (Lipinski definition) is 7. The minimum atomic E-state index is -1.18. The first-order valence-corrected chi connectivity index (χ1v) is 14.3. The van der Waals surface area contributed by atoms with E-state index in [4.69, 9.17) is 9.47 Å². The van der Waals surface area contributed by atoms with Gasteiger partial charge in [0.1, 0.15) is 24.2 Å². The summed E-state index contributed by atoms with van der Waals surface area (Å²) in [6.07, 6.45) is 3.91. The summed E-state index contributed by atoms with van der Waals surface area (Å²) >= 11 is 0. The summed E-state index contributed by atoms with van der Waals surface area (Å²) in [5.74, 6) is -2.90. The van der Waals surface area contributed by atoms with Gasteiger partial charge in [0.2, 0.25) is 5.91 Å². The number of ether oxygens (including phenoxy) is 2. The van der Waals surface area contributed by atoms with Crippen LogP contribution in [0.5, 0.6) is 0 Å². The first-order valence-electron chi connectivity index (χ1n) is 14.3. The summed E-state index contributed by atoms with van der Waals surface area (Å²) in [6.45, 7) is 17.6. The first-order chi connectivity index (χ1) is 19.1. The minimum absolute atomic E-state index is 0.0287. The maximum absolute atomic E-state index is 14.6. The average Bonchev–Trinajstić information content (AvgIpc) is 3.46. The number of esters is 1. The molecule has 3 unspecified atom stereocenters. The highest BCUT2D eigenvalue weighted by Crippen LogP contribution is 2.65. The highest BCUT2D eigenvalue weighted by atomic mass is 16.6. The Bertz CT molecular complexity index is 1130. The molecule has 2 bridgehead atoms. The van der Waals surface area contributed by atoms with E-state index in [1.165, 1.54) is 11.0 Å². The van der Waals surface area contributed by atoms with Crippen LogP contribution in [0.3, 0.4) is 0 Å². The van der Waals surface area contributed by atoms with E-state index in [-0.39, 0.29) is 44.0 Å². The van der Waals surface area contributed by atoms with Crippen molar-refractivity contribution in [1.29, 1.82) is 0 Å².